The van der Waals surface area contributed by atoms with Gasteiger partial charge in [0.2, 0.25) is 0 Å². The van der Waals surface area contributed by atoms with Crippen molar-refractivity contribution in [2.24, 2.45) is 0 Å². The molecule has 2 aromatic rings. The maximum atomic E-state index is 12.2. The minimum absolute atomic E-state index is 0.407. The van der Waals surface area contributed by atoms with Crippen LogP contribution in [0.3, 0.4) is 0 Å². The van der Waals surface area contributed by atoms with Gasteiger partial charge in [0.25, 0.3) is 5.56 Å². The number of benzene rings is 1. The molecule has 2 heterocycles. The van der Waals surface area contributed by atoms with E-state index in [4.69, 9.17) is 0 Å². The first-order chi connectivity index (χ1) is 12.6. The molecule has 7 heteroatoms. The van der Waals surface area contributed by atoms with Crippen LogP contribution in [0.15, 0.2) is 23.0 Å². The maximum Gasteiger partial charge on any atom is 0.345 e. The van der Waals surface area contributed by atoms with Gasteiger partial charge in [0.1, 0.15) is 5.75 Å². The Labute approximate surface area is 150 Å². The number of fused-ring (bicyclic) bond motifs is 3. The molecule has 26 heavy (non-hydrogen) atoms. The molecule has 1 saturated heterocycles. The highest BCUT2D eigenvalue weighted by Crippen LogP contribution is 2.37. The molecule has 0 radical (unpaired) electrons. The fourth-order valence-corrected chi connectivity index (χ4v) is 3.91. The van der Waals surface area contributed by atoms with Crippen LogP contribution in [0.25, 0.3) is 11.3 Å². The second-order valence-electron chi connectivity index (χ2n) is 6.77. The average molecular weight is 355 g/mol. The first-order valence-electron chi connectivity index (χ1n) is 8.86. The fourth-order valence-electron chi connectivity index (χ4n) is 3.91. The first kappa shape index (κ1) is 16.7. The zero-order chi connectivity index (χ0) is 18.3. The van der Waals surface area contributed by atoms with Crippen LogP contribution in [0.1, 0.15) is 27.9 Å². The van der Waals surface area contributed by atoms with Crippen LogP contribution in [0.5, 0.6) is 5.75 Å². The highest BCUT2D eigenvalue weighted by Gasteiger charge is 2.25. The predicted octanol–water partition coefficient (Wildman–Crippen LogP) is 1.34. The standard InChI is InChI=1S/C19H21N3O4/c23-17-14-3-1-2-11-10-12(22-8-6-20-7-9-22)4-5-13(11)16(14)21-18(24)15(17)19(25)26/h4-5,10,20H,1-3,6-9H2,(H,25,26)(H2,21,23,24). The monoisotopic (exact) mass is 355 g/mol. The van der Waals surface area contributed by atoms with Gasteiger partial charge in [-0.15, -0.1) is 0 Å². The fraction of sp³-hybridized carbons (Fsp3) is 0.368. The van der Waals surface area contributed by atoms with Crippen molar-refractivity contribution in [3.8, 4) is 17.0 Å². The highest BCUT2D eigenvalue weighted by molar-refractivity contribution is 5.92. The summed E-state index contributed by atoms with van der Waals surface area (Å²) in [7, 11) is 0. The summed E-state index contributed by atoms with van der Waals surface area (Å²) in [6, 6.07) is 6.14. The molecule has 7 nitrogen and oxygen atoms in total. The van der Waals surface area contributed by atoms with E-state index in [0.717, 1.165) is 55.8 Å². The minimum atomic E-state index is -1.41. The van der Waals surface area contributed by atoms with Gasteiger partial charge >= 0.3 is 5.97 Å². The number of carbonyl (C=O) groups is 1. The third kappa shape index (κ3) is 2.74. The number of rotatable bonds is 2. The molecule has 0 atom stereocenters. The second kappa shape index (κ2) is 6.49. The summed E-state index contributed by atoms with van der Waals surface area (Å²) in [4.78, 5) is 28.5. The van der Waals surface area contributed by atoms with Gasteiger partial charge in [-0.2, -0.15) is 0 Å². The Bertz CT molecular complexity index is 929. The molecule has 1 aliphatic carbocycles. The Morgan fingerprint density at radius 2 is 1.92 bits per heavy atom. The van der Waals surface area contributed by atoms with E-state index in [1.165, 1.54) is 0 Å². The van der Waals surface area contributed by atoms with Crippen LogP contribution in [0.2, 0.25) is 0 Å². The number of pyridine rings is 1. The minimum Gasteiger partial charge on any atom is -0.506 e. The lowest BCUT2D eigenvalue weighted by Crippen LogP contribution is -2.43. The number of H-pyrrole nitrogens is 1. The Balaban J connectivity index is 1.83. The van der Waals surface area contributed by atoms with E-state index in [9.17, 15) is 19.8 Å². The van der Waals surface area contributed by atoms with E-state index in [2.05, 4.69) is 21.3 Å². The number of aromatic carboxylic acids is 1. The molecule has 0 bridgehead atoms. The molecule has 136 valence electrons. The quantitative estimate of drug-likeness (QED) is 0.648. The van der Waals surface area contributed by atoms with E-state index < -0.39 is 22.8 Å². The summed E-state index contributed by atoms with van der Waals surface area (Å²) in [5, 5.41) is 22.9. The van der Waals surface area contributed by atoms with Crippen molar-refractivity contribution in [1.82, 2.24) is 10.3 Å². The molecule has 2 aliphatic rings. The number of aryl methyl sites for hydroxylation is 1. The van der Waals surface area contributed by atoms with Gasteiger partial charge in [-0.3, -0.25) is 4.79 Å². The number of hydrogen-bond acceptors (Lipinski definition) is 5. The number of anilines is 1. The lowest BCUT2D eigenvalue weighted by Gasteiger charge is -2.30. The van der Waals surface area contributed by atoms with Crippen LogP contribution in [0.4, 0.5) is 5.69 Å². The van der Waals surface area contributed by atoms with Crippen LogP contribution in [-0.2, 0) is 12.8 Å². The molecule has 1 fully saturated rings. The Kier molecular flexibility index (Phi) is 4.16. The topological polar surface area (TPSA) is 106 Å². The SMILES string of the molecule is O=C(O)c1c(O)c2c([nH]c1=O)-c1ccc(N3CCNCC3)cc1CCC2. The molecule has 0 unspecified atom stereocenters. The zero-order valence-corrected chi connectivity index (χ0v) is 14.3. The highest BCUT2D eigenvalue weighted by atomic mass is 16.4. The van der Waals surface area contributed by atoms with E-state index >= 15 is 0 Å². The molecule has 0 amide bonds. The van der Waals surface area contributed by atoms with Gasteiger partial charge in [0, 0.05) is 43.0 Å². The van der Waals surface area contributed by atoms with Gasteiger partial charge in [-0.25, -0.2) is 4.79 Å². The number of aromatic amines is 1. The average Bonchev–Trinajstić information content (AvgIpc) is 2.81. The number of carboxylic acid groups (broad SMARTS) is 1. The number of aromatic nitrogens is 1. The molecular formula is C19H21N3O4. The Morgan fingerprint density at radius 1 is 1.15 bits per heavy atom. The third-order valence-electron chi connectivity index (χ3n) is 5.22. The number of carboxylic acids is 1. The molecule has 1 aromatic carbocycles. The summed E-state index contributed by atoms with van der Waals surface area (Å²) in [6.07, 6.45) is 2.12. The summed E-state index contributed by atoms with van der Waals surface area (Å²) in [6.45, 7) is 3.82. The number of aromatic hydroxyl groups is 1. The van der Waals surface area contributed by atoms with E-state index in [1.807, 2.05) is 12.1 Å². The molecule has 1 aromatic heterocycles. The normalized spacial score (nSPS) is 16.5. The summed E-state index contributed by atoms with van der Waals surface area (Å²) >= 11 is 0. The second-order valence-corrected chi connectivity index (χ2v) is 6.77. The van der Waals surface area contributed by atoms with Crippen molar-refractivity contribution >= 4 is 11.7 Å². The zero-order valence-electron chi connectivity index (χ0n) is 14.3. The number of hydrogen-bond donors (Lipinski definition) is 4. The van der Waals surface area contributed by atoms with Crippen molar-refractivity contribution in [1.29, 1.82) is 0 Å². The van der Waals surface area contributed by atoms with Crippen molar-refractivity contribution in [2.45, 2.75) is 19.3 Å². The van der Waals surface area contributed by atoms with Gasteiger partial charge < -0.3 is 25.4 Å². The predicted molar refractivity (Wildman–Crippen MR) is 98.2 cm³/mol. The maximum absolute atomic E-state index is 12.2. The van der Waals surface area contributed by atoms with Gasteiger partial charge in [-0.1, -0.05) is 6.07 Å². The number of piperazine rings is 1. The van der Waals surface area contributed by atoms with Crippen molar-refractivity contribution in [3.63, 3.8) is 0 Å². The number of nitrogens with one attached hydrogen (secondary N) is 2. The van der Waals surface area contributed by atoms with Crippen LogP contribution in [-0.4, -0.2) is 47.3 Å². The summed E-state index contributed by atoms with van der Waals surface area (Å²) in [5.74, 6) is -1.82. The van der Waals surface area contributed by atoms with Crippen molar-refractivity contribution in [3.05, 3.63) is 45.2 Å². The van der Waals surface area contributed by atoms with Crippen molar-refractivity contribution < 1.29 is 15.0 Å². The van der Waals surface area contributed by atoms with E-state index in [1.54, 1.807) is 0 Å². The van der Waals surface area contributed by atoms with Crippen LogP contribution >= 0.6 is 0 Å². The molecule has 0 saturated carbocycles. The smallest absolute Gasteiger partial charge is 0.345 e. The van der Waals surface area contributed by atoms with Crippen molar-refractivity contribution in [2.75, 3.05) is 31.1 Å². The molecule has 4 rings (SSSR count). The lowest BCUT2D eigenvalue weighted by molar-refractivity contribution is 0.0691. The van der Waals surface area contributed by atoms with Crippen LogP contribution in [0, 0.1) is 0 Å². The van der Waals surface area contributed by atoms with Gasteiger partial charge in [-0.05, 0) is 37.0 Å². The summed E-state index contributed by atoms with van der Waals surface area (Å²) in [5.41, 5.74) is 2.83. The van der Waals surface area contributed by atoms with E-state index in [0.29, 0.717) is 17.7 Å². The molecule has 0 spiro atoms. The van der Waals surface area contributed by atoms with E-state index in [-0.39, 0.29) is 0 Å². The van der Waals surface area contributed by atoms with Crippen LogP contribution < -0.4 is 15.8 Å². The molecule has 4 N–H and O–H groups in total. The lowest BCUT2D eigenvalue weighted by atomic mass is 9.99. The van der Waals surface area contributed by atoms with Gasteiger partial charge in [0.05, 0.1) is 5.69 Å². The first-order valence-corrected chi connectivity index (χ1v) is 8.86. The number of nitrogens with zero attached hydrogens (tertiary/aromatic N) is 1. The summed E-state index contributed by atoms with van der Waals surface area (Å²) < 4.78 is 0. The Morgan fingerprint density at radius 3 is 2.65 bits per heavy atom. The molecule has 1 aliphatic heterocycles. The molecular weight excluding hydrogens is 334 g/mol. The van der Waals surface area contributed by atoms with Gasteiger partial charge in [0.15, 0.2) is 5.56 Å². The third-order valence-corrected chi connectivity index (χ3v) is 5.22. The Hall–Kier alpha value is -2.80. The largest absolute Gasteiger partial charge is 0.506 e.